The Labute approximate surface area is 215 Å². The highest BCUT2D eigenvalue weighted by atomic mass is 35.5. The molecule has 0 aliphatic heterocycles. The standard InChI is InChI=1S/C25H31ClN2O8/c1-14(2)22(36-19-9-7-8-18(26)12-19)16(4)35-25(31)15(3)28-24(30)21-23(34-13-33-17(5)29)20(32-6)10-11-27-21/h7-12,14-16,22H,13H2,1-6H3,(H,28,30)/t15-,16-,22-/m0/s1. The molecular formula is C25H31ClN2O8. The van der Waals surface area contributed by atoms with E-state index in [4.69, 9.17) is 35.3 Å². The fourth-order valence-corrected chi connectivity index (χ4v) is 3.39. The molecule has 0 saturated heterocycles. The maximum absolute atomic E-state index is 12.9. The molecule has 0 bridgehead atoms. The predicted molar refractivity (Wildman–Crippen MR) is 131 cm³/mol. The normalized spacial score (nSPS) is 13.2. The molecule has 2 rings (SSSR count). The van der Waals surface area contributed by atoms with Crippen LogP contribution in [0.15, 0.2) is 36.5 Å². The zero-order valence-electron chi connectivity index (χ0n) is 21.1. The molecule has 0 aliphatic carbocycles. The van der Waals surface area contributed by atoms with Gasteiger partial charge in [-0.2, -0.15) is 0 Å². The quantitative estimate of drug-likeness (QED) is 0.327. The number of hydrogen-bond donors (Lipinski definition) is 1. The molecule has 0 radical (unpaired) electrons. The number of benzene rings is 1. The Balaban J connectivity index is 2.07. The van der Waals surface area contributed by atoms with Gasteiger partial charge in [-0.05, 0) is 38.0 Å². The number of amides is 1. The number of carbonyl (C=O) groups excluding carboxylic acids is 3. The van der Waals surface area contributed by atoms with Gasteiger partial charge in [-0.1, -0.05) is 31.5 Å². The van der Waals surface area contributed by atoms with Crippen molar-refractivity contribution in [3.05, 3.63) is 47.2 Å². The van der Waals surface area contributed by atoms with Crippen LogP contribution in [0.2, 0.25) is 5.02 Å². The lowest BCUT2D eigenvalue weighted by Gasteiger charge is -2.29. The number of rotatable bonds is 12. The van der Waals surface area contributed by atoms with Gasteiger partial charge in [0.15, 0.2) is 17.2 Å². The number of methoxy groups -OCH3 is 1. The third-order valence-corrected chi connectivity index (χ3v) is 5.20. The second-order valence-corrected chi connectivity index (χ2v) is 8.65. The van der Waals surface area contributed by atoms with Crippen molar-refractivity contribution in [2.75, 3.05) is 13.9 Å². The minimum absolute atomic E-state index is 0.00888. The first-order valence-electron chi connectivity index (χ1n) is 11.3. The van der Waals surface area contributed by atoms with Crippen LogP contribution >= 0.6 is 11.6 Å². The second-order valence-electron chi connectivity index (χ2n) is 8.21. The molecule has 196 valence electrons. The molecule has 1 amide bonds. The number of hydrogen-bond acceptors (Lipinski definition) is 9. The summed E-state index contributed by atoms with van der Waals surface area (Å²) in [4.78, 5) is 40.7. The Morgan fingerprint density at radius 2 is 1.83 bits per heavy atom. The van der Waals surface area contributed by atoms with Crippen molar-refractivity contribution in [2.45, 2.75) is 52.9 Å². The van der Waals surface area contributed by atoms with Crippen molar-refractivity contribution in [2.24, 2.45) is 5.92 Å². The minimum atomic E-state index is -1.02. The first-order chi connectivity index (χ1) is 17.0. The fourth-order valence-electron chi connectivity index (χ4n) is 3.21. The monoisotopic (exact) mass is 522 g/mol. The number of nitrogens with zero attached hydrogens (tertiary/aromatic N) is 1. The smallest absolute Gasteiger partial charge is 0.328 e. The maximum atomic E-state index is 12.9. The Morgan fingerprint density at radius 3 is 2.44 bits per heavy atom. The van der Waals surface area contributed by atoms with Crippen molar-refractivity contribution in [3.8, 4) is 17.2 Å². The van der Waals surface area contributed by atoms with Crippen molar-refractivity contribution >= 4 is 29.4 Å². The summed E-state index contributed by atoms with van der Waals surface area (Å²) in [5.41, 5.74) is -0.154. The van der Waals surface area contributed by atoms with E-state index in [0.29, 0.717) is 10.8 Å². The van der Waals surface area contributed by atoms with Gasteiger partial charge in [-0.15, -0.1) is 0 Å². The SMILES string of the molecule is COc1ccnc(C(=O)N[C@@H](C)C(=O)O[C@@H](C)[C@@H](Oc2cccc(Cl)c2)C(C)C)c1OCOC(C)=O. The summed E-state index contributed by atoms with van der Waals surface area (Å²) in [6.45, 7) is 7.85. The summed E-state index contributed by atoms with van der Waals surface area (Å²) in [6, 6.07) is 7.40. The van der Waals surface area contributed by atoms with E-state index < -0.39 is 42.9 Å². The van der Waals surface area contributed by atoms with Crippen molar-refractivity contribution < 1.29 is 38.1 Å². The number of ether oxygens (including phenoxy) is 5. The van der Waals surface area contributed by atoms with E-state index >= 15 is 0 Å². The van der Waals surface area contributed by atoms with E-state index in [0.717, 1.165) is 0 Å². The molecule has 11 heteroatoms. The Bertz CT molecular complexity index is 1060. The van der Waals surface area contributed by atoms with E-state index in [9.17, 15) is 14.4 Å². The summed E-state index contributed by atoms with van der Waals surface area (Å²) in [6.07, 6.45) is 0.253. The Kier molecular flexibility index (Phi) is 10.8. The van der Waals surface area contributed by atoms with Crippen LogP contribution in [0, 0.1) is 5.92 Å². The molecule has 1 aromatic heterocycles. The van der Waals surface area contributed by atoms with Crippen LogP contribution in [-0.2, 0) is 19.1 Å². The molecule has 0 saturated carbocycles. The third-order valence-electron chi connectivity index (χ3n) is 4.96. The third kappa shape index (κ3) is 8.30. The average Bonchev–Trinajstić information content (AvgIpc) is 2.81. The molecule has 0 aliphatic rings. The number of halogens is 1. The van der Waals surface area contributed by atoms with Crippen LogP contribution in [0.5, 0.6) is 17.2 Å². The molecule has 0 spiro atoms. The van der Waals surface area contributed by atoms with Gasteiger partial charge in [0.1, 0.15) is 24.0 Å². The van der Waals surface area contributed by atoms with E-state index in [1.807, 2.05) is 13.8 Å². The van der Waals surface area contributed by atoms with Crippen molar-refractivity contribution in [3.63, 3.8) is 0 Å². The van der Waals surface area contributed by atoms with Gasteiger partial charge in [-0.25, -0.2) is 9.78 Å². The van der Waals surface area contributed by atoms with Gasteiger partial charge >= 0.3 is 11.9 Å². The van der Waals surface area contributed by atoms with Crippen LogP contribution < -0.4 is 19.5 Å². The first-order valence-corrected chi connectivity index (χ1v) is 11.6. The van der Waals surface area contributed by atoms with Crippen LogP contribution in [0.3, 0.4) is 0 Å². The number of esters is 2. The van der Waals surface area contributed by atoms with E-state index in [-0.39, 0.29) is 23.1 Å². The molecule has 1 N–H and O–H groups in total. The number of aromatic nitrogens is 1. The van der Waals surface area contributed by atoms with Gasteiger partial charge < -0.3 is 29.0 Å². The van der Waals surface area contributed by atoms with Gasteiger partial charge in [0, 0.05) is 24.2 Å². The topological polar surface area (TPSA) is 122 Å². The first kappa shape index (κ1) is 28.7. The number of carbonyl (C=O) groups is 3. The molecule has 36 heavy (non-hydrogen) atoms. The van der Waals surface area contributed by atoms with Crippen LogP contribution in [-0.4, -0.2) is 55.0 Å². The molecule has 3 atom stereocenters. The molecule has 0 unspecified atom stereocenters. The lowest BCUT2D eigenvalue weighted by molar-refractivity contribution is -0.156. The maximum Gasteiger partial charge on any atom is 0.328 e. The highest BCUT2D eigenvalue weighted by Gasteiger charge is 2.29. The van der Waals surface area contributed by atoms with Gasteiger partial charge in [-0.3, -0.25) is 9.59 Å². The van der Waals surface area contributed by atoms with Crippen LogP contribution in [0.1, 0.15) is 45.1 Å². The van der Waals surface area contributed by atoms with Crippen LogP contribution in [0.25, 0.3) is 0 Å². The highest BCUT2D eigenvalue weighted by Crippen LogP contribution is 2.29. The van der Waals surface area contributed by atoms with E-state index in [2.05, 4.69) is 10.3 Å². The highest BCUT2D eigenvalue weighted by molar-refractivity contribution is 6.30. The summed E-state index contributed by atoms with van der Waals surface area (Å²) in [5, 5.41) is 3.07. The Morgan fingerprint density at radius 1 is 1.11 bits per heavy atom. The molecule has 10 nitrogen and oxygen atoms in total. The fraction of sp³-hybridized carbons (Fsp3) is 0.440. The molecule has 0 fully saturated rings. The van der Waals surface area contributed by atoms with E-state index in [1.54, 1.807) is 31.2 Å². The summed E-state index contributed by atoms with van der Waals surface area (Å²) in [7, 11) is 1.38. The largest absolute Gasteiger partial charge is 0.493 e. The van der Waals surface area contributed by atoms with Crippen molar-refractivity contribution in [1.82, 2.24) is 10.3 Å². The minimum Gasteiger partial charge on any atom is -0.493 e. The number of nitrogens with one attached hydrogen (secondary N) is 1. The van der Waals surface area contributed by atoms with Crippen LogP contribution in [0.4, 0.5) is 0 Å². The van der Waals surface area contributed by atoms with Gasteiger partial charge in [0.05, 0.1) is 7.11 Å². The lowest BCUT2D eigenvalue weighted by atomic mass is 10.0. The Hall–Kier alpha value is -3.53. The summed E-state index contributed by atoms with van der Waals surface area (Å²) >= 11 is 6.03. The zero-order valence-corrected chi connectivity index (χ0v) is 21.8. The average molecular weight is 523 g/mol. The zero-order chi connectivity index (χ0) is 26.8. The lowest BCUT2D eigenvalue weighted by Crippen LogP contribution is -2.44. The van der Waals surface area contributed by atoms with Gasteiger partial charge in [0.2, 0.25) is 6.79 Å². The molecule has 1 aromatic carbocycles. The van der Waals surface area contributed by atoms with Gasteiger partial charge in [0.25, 0.3) is 5.91 Å². The summed E-state index contributed by atoms with van der Waals surface area (Å²) in [5.74, 6) is -1.22. The van der Waals surface area contributed by atoms with Crippen molar-refractivity contribution in [1.29, 1.82) is 0 Å². The molecule has 1 heterocycles. The second kappa shape index (κ2) is 13.5. The van der Waals surface area contributed by atoms with E-state index in [1.165, 1.54) is 33.2 Å². The predicted octanol–water partition coefficient (Wildman–Crippen LogP) is 3.80. The number of pyridine rings is 1. The molecular weight excluding hydrogens is 492 g/mol. The summed E-state index contributed by atoms with van der Waals surface area (Å²) < 4.78 is 27.0. The molecule has 2 aromatic rings.